The Morgan fingerprint density at radius 3 is 2.72 bits per heavy atom. The van der Waals surface area contributed by atoms with Gasteiger partial charge in [0.05, 0.1) is 6.20 Å². The van der Waals surface area contributed by atoms with Crippen molar-refractivity contribution in [1.29, 1.82) is 0 Å². The summed E-state index contributed by atoms with van der Waals surface area (Å²) in [5, 5.41) is 14.6. The first-order chi connectivity index (χ1) is 12.2. The van der Waals surface area contributed by atoms with Crippen LogP contribution in [-0.2, 0) is 6.42 Å². The number of hydrogen-bond acceptors (Lipinski definition) is 5. The Morgan fingerprint density at radius 2 is 1.92 bits per heavy atom. The summed E-state index contributed by atoms with van der Waals surface area (Å²) >= 11 is 3.47. The summed E-state index contributed by atoms with van der Waals surface area (Å²) in [6, 6.07) is 16.5. The fraction of sp³-hybridized carbons (Fsp3) is 0.211. The fourth-order valence-corrected chi connectivity index (χ4v) is 2.96. The first kappa shape index (κ1) is 17.4. The molecule has 1 heterocycles. The molecule has 128 valence electrons. The van der Waals surface area contributed by atoms with Crippen LogP contribution in [-0.4, -0.2) is 21.7 Å². The van der Waals surface area contributed by atoms with Gasteiger partial charge in [0.2, 0.25) is 5.95 Å². The van der Waals surface area contributed by atoms with Crippen molar-refractivity contribution in [3.63, 3.8) is 0 Å². The van der Waals surface area contributed by atoms with Gasteiger partial charge in [-0.05, 0) is 49.1 Å². The molecule has 0 radical (unpaired) electrons. The number of anilines is 3. The number of hydrogen-bond donors (Lipinski definition) is 2. The average Bonchev–Trinajstić information content (AvgIpc) is 2.62. The van der Waals surface area contributed by atoms with Crippen molar-refractivity contribution in [2.45, 2.75) is 19.8 Å². The van der Waals surface area contributed by atoms with Crippen molar-refractivity contribution in [1.82, 2.24) is 15.2 Å². The van der Waals surface area contributed by atoms with Crippen LogP contribution >= 0.6 is 15.9 Å². The summed E-state index contributed by atoms with van der Waals surface area (Å²) in [5.74, 6) is 1.21. The Hall–Kier alpha value is -2.47. The molecule has 0 aliphatic heterocycles. The zero-order chi connectivity index (χ0) is 17.5. The molecule has 25 heavy (non-hydrogen) atoms. The Bertz CT molecular complexity index is 823. The van der Waals surface area contributed by atoms with Gasteiger partial charge in [0, 0.05) is 16.7 Å². The van der Waals surface area contributed by atoms with E-state index < -0.39 is 0 Å². The van der Waals surface area contributed by atoms with E-state index in [2.05, 4.69) is 72.1 Å². The van der Waals surface area contributed by atoms with Crippen LogP contribution < -0.4 is 10.6 Å². The standard InChI is InChI=1S/C19H20BrN5/c1-14-12-16(20)9-10-17(14)23-18-13-22-25-19(24-18)21-11-5-8-15-6-3-2-4-7-15/h2-4,6-7,9-10,12-13H,5,8,11H2,1H3,(H2,21,23,24,25). The Labute approximate surface area is 156 Å². The largest absolute Gasteiger partial charge is 0.353 e. The van der Waals surface area contributed by atoms with Gasteiger partial charge in [-0.3, -0.25) is 0 Å². The minimum Gasteiger partial charge on any atom is -0.353 e. The van der Waals surface area contributed by atoms with Crippen LogP contribution in [0.2, 0.25) is 0 Å². The van der Waals surface area contributed by atoms with Crippen molar-refractivity contribution in [3.05, 3.63) is 70.3 Å². The van der Waals surface area contributed by atoms with E-state index in [-0.39, 0.29) is 0 Å². The molecule has 3 aromatic rings. The minimum atomic E-state index is 0.535. The van der Waals surface area contributed by atoms with Crippen LogP contribution in [0, 0.1) is 6.92 Å². The SMILES string of the molecule is Cc1cc(Br)ccc1Nc1cnnc(NCCCc2ccccc2)n1. The molecule has 0 bridgehead atoms. The van der Waals surface area contributed by atoms with Crippen LogP contribution in [0.5, 0.6) is 0 Å². The number of aromatic nitrogens is 3. The van der Waals surface area contributed by atoms with Crippen LogP contribution in [0.15, 0.2) is 59.2 Å². The zero-order valence-electron chi connectivity index (χ0n) is 14.0. The molecule has 0 aliphatic carbocycles. The van der Waals surface area contributed by atoms with E-state index in [1.54, 1.807) is 6.20 Å². The summed E-state index contributed by atoms with van der Waals surface area (Å²) in [4.78, 5) is 4.47. The highest BCUT2D eigenvalue weighted by molar-refractivity contribution is 9.10. The summed E-state index contributed by atoms with van der Waals surface area (Å²) < 4.78 is 1.05. The monoisotopic (exact) mass is 397 g/mol. The maximum atomic E-state index is 4.47. The smallest absolute Gasteiger partial charge is 0.244 e. The summed E-state index contributed by atoms with van der Waals surface area (Å²) in [7, 11) is 0. The van der Waals surface area contributed by atoms with Crippen molar-refractivity contribution in [3.8, 4) is 0 Å². The number of nitrogens with zero attached hydrogens (tertiary/aromatic N) is 3. The molecule has 3 rings (SSSR count). The first-order valence-electron chi connectivity index (χ1n) is 8.21. The summed E-state index contributed by atoms with van der Waals surface area (Å²) in [6.07, 6.45) is 3.66. The highest BCUT2D eigenvalue weighted by Crippen LogP contribution is 2.22. The Balaban J connectivity index is 1.54. The fourth-order valence-electron chi connectivity index (χ4n) is 2.48. The van der Waals surface area contributed by atoms with Gasteiger partial charge < -0.3 is 10.6 Å². The maximum Gasteiger partial charge on any atom is 0.244 e. The molecule has 0 spiro atoms. The normalized spacial score (nSPS) is 10.5. The van der Waals surface area contributed by atoms with Crippen LogP contribution in [0.1, 0.15) is 17.5 Å². The van der Waals surface area contributed by atoms with E-state index in [0.29, 0.717) is 11.8 Å². The maximum absolute atomic E-state index is 4.47. The Morgan fingerprint density at radius 1 is 1.08 bits per heavy atom. The second-order valence-corrected chi connectivity index (χ2v) is 6.68. The lowest BCUT2D eigenvalue weighted by molar-refractivity contribution is 0.843. The molecule has 2 N–H and O–H groups in total. The molecule has 2 aromatic carbocycles. The Kier molecular flexibility index (Phi) is 5.95. The first-order valence-corrected chi connectivity index (χ1v) is 9.01. The van der Waals surface area contributed by atoms with Gasteiger partial charge in [-0.2, -0.15) is 10.1 Å². The molecule has 6 heteroatoms. The number of aryl methyl sites for hydroxylation is 2. The molecule has 0 saturated carbocycles. The van der Waals surface area contributed by atoms with E-state index in [4.69, 9.17) is 0 Å². The molecule has 0 saturated heterocycles. The van der Waals surface area contributed by atoms with E-state index >= 15 is 0 Å². The molecule has 0 atom stereocenters. The number of rotatable bonds is 7. The predicted octanol–water partition coefficient (Wildman–Crippen LogP) is 4.73. The van der Waals surface area contributed by atoms with Crippen molar-refractivity contribution in [2.24, 2.45) is 0 Å². The second-order valence-electron chi connectivity index (χ2n) is 5.77. The van der Waals surface area contributed by atoms with Crippen LogP contribution in [0.3, 0.4) is 0 Å². The number of nitrogens with one attached hydrogen (secondary N) is 2. The molecule has 0 unspecified atom stereocenters. The molecule has 0 amide bonds. The lowest BCUT2D eigenvalue weighted by Crippen LogP contribution is -2.08. The highest BCUT2D eigenvalue weighted by atomic mass is 79.9. The van der Waals surface area contributed by atoms with E-state index in [1.807, 2.05) is 25.1 Å². The van der Waals surface area contributed by atoms with Gasteiger partial charge >= 0.3 is 0 Å². The number of benzene rings is 2. The topological polar surface area (TPSA) is 62.7 Å². The molecule has 0 fully saturated rings. The van der Waals surface area contributed by atoms with E-state index in [9.17, 15) is 0 Å². The second kappa shape index (κ2) is 8.58. The third kappa shape index (κ3) is 5.26. The highest BCUT2D eigenvalue weighted by Gasteiger charge is 2.04. The third-order valence-corrected chi connectivity index (χ3v) is 4.27. The van der Waals surface area contributed by atoms with Gasteiger partial charge in [0.15, 0.2) is 5.82 Å². The van der Waals surface area contributed by atoms with Gasteiger partial charge in [0.25, 0.3) is 0 Å². The van der Waals surface area contributed by atoms with E-state index in [1.165, 1.54) is 5.56 Å². The predicted molar refractivity (Wildman–Crippen MR) is 105 cm³/mol. The lowest BCUT2D eigenvalue weighted by atomic mass is 10.1. The van der Waals surface area contributed by atoms with Crippen molar-refractivity contribution >= 4 is 33.4 Å². The van der Waals surface area contributed by atoms with Gasteiger partial charge in [-0.25, -0.2) is 0 Å². The van der Waals surface area contributed by atoms with Gasteiger partial charge in [-0.1, -0.05) is 46.3 Å². The summed E-state index contributed by atoms with van der Waals surface area (Å²) in [5.41, 5.74) is 3.47. The quantitative estimate of drug-likeness (QED) is 0.564. The molecule has 1 aromatic heterocycles. The molecular formula is C19H20BrN5. The van der Waals surface area contributed by atoms with Gasteiger partial charge in [0.1, 0.15) is 0 Å². The lowest BCUT2D eigenvalue weighted by Gasteiger charge is -2.10. The van der Waals surface area contributed by atoms with Crippen molar-refractivity contribution < 1.29 is 0 Å². The van der Waals surface area contributed by atoms with Gasteiger partial charge in [-0.15, -0.1) is 5.10 Å². The zero-order valence-corrected chi connectivity index (χ0v) is 15.6. The van der Waals surface area contributed by atoms with Crippen molar-refractivity contribution in [2.75, 3.05) is 17.2 Å². The molecule has 5 nitrogen and oxygen atoms in total. The third-order valence-electron chi connectivity index (χ3n) is 3.78. The van der Waals surface area contributed by atoms with Crippen LogP contribution in [0.4, 0.5) is 17.5 Å². The molecule has 0 aliphatic rings. The van der Waals surface area contributed by atoms with Crippen LogP contribution in [0.25, 0.3) is 0 Å². The number of halogens is 1. The van der Waals surface area contributed by atoms with E-state index in [0.717, 1.165) is 35.1 Å². The summed E-state index contributed by atoms with van der Waals surface area (Å²) in [6.45, 7) is 2.85. The minimum absolute atomic E-state index is 0.535. The average molecular weight is 398 g/mol. The molecular weight excluding hydrogens is 378 g/mol.